The normalized spacial score (nSPS) is 12.4. The molecule has 0 fully saturated rings. The van der Waals surface area contributed by atoms with Gasteiger partial charge < -0.3 is 9.72 Å². The summed E-state index contributed by atoms with van der Waals surface area (Å²) in [6.07, 6.45) is 11.1. The molecule has 0 saturated heterocycles. The fourth-order valence-corrected chi connectivity index (χ4v) is 3.24. The van der Waals surface area contributed by atoms with Crippen LogP contribution in [-0.2, 0) is 4.79 Å². The second-order valence-electron chi connectivity index (χ2n) is 7.57. The number of aromatic nitrogens is 2. The maximum atomic E-state index is 12.2. The maximum Gasteiger partial charge on any atom is 0.277 e. The molecule has 0 bridgehead atoms. The summed E-state index contributed by atoms with van der Waals surface area (Å²) in [5.74, 6) is 0.455. The molecule has 160 valence electrons. The van der Waals surface area contributed by atoms with Gasteiger partial charge in [0.15, 0.2) is 6.61 Å². The number of hydrazone groups is 1. The van der Waals surface area contributed by atoms with Crippen molar-refractivity contribution in [3.8, 4) is 16.9 Å². The van der Waals surface area contributed by atoms with E-state index in [0.29, 0.717) is 5.75 Å². The average Bonchev–Trinajstić information content (AvgIpc) is 3.16. The van der Waals surface area contributed by atoms with Gasteiger partial charge in [-0.05, 0) is 67.3 Å². The molecule has 31 heavy (non-hydrogen) atoms. The predicted octanol–water partition coefficient (Wildman–Crippen LogP) is 4.83. The van der Waals surface area contributed by atoms with Crippen LogP contribution in [0.3, 0.4) is 0 Å². The Hall–Kier alpha value is -3.67. The molecule has 0 aliphatic rings. The van der Waals surface area contributed by atoms with Crippen LogP contribution in [0, 0.1) is 26.7 Å². The number of nitrogens with one attached hydrogen (secondary N) is 2. The molecule has 0 saturated carbocycles. The highest BCUT2D eigenvalue weighted by atomic mass is 16.5. The second-order valence-corrected chi connectivity index (χ2v) is 7.57. The molecule has 0 spiro atoms. The van der Waals surface area contributed by atoms with Crippen molar-refractivity contribution in [1.29, 1.82) is 0 Å². The van der Waals surface area contributed by atoms with E-state index in [1.165, 1.54) is 0 Å². The second kappa shape index (κ2) is 10.4. The van der Waals surface area contributed by atoms with Gasteiger partial charge in [-0.15, -0.1) is 0 Å². The van der Waals surface area contributed by atoms with Crippen molar-refractivity contribution in [3.05, 3.63) is 77.4 Å². The topological polar surface area (TPSA) is 79.4 Å². The van der Waals surface area contributed by atoms with Crippen molar-refractivity contribution < 1.29 is 9.53 Å². The number of ether oxygens (including phenoxy) is 1. The number of amides is 1. The first-order valence-electron chi connectivity index (χ1n) is 10.2. The first-order chi connectivity index (χ1) is 14.9. The summed E-state index contributed by atoms with van der Waals surface area (Å²) in [5.41, 5.74) is 8.82. The molecule has 2 N–H and O–H groups in total. The van der Waals surface area contributed by atoms with Crippen molar-refractivity contribution >= 4 is 18.2 Å². The molecule has 2 aromatic heterocycles. The number of benzene rings is 1. The molecule has 1 atom stereocenters. The number of H-pyrrole nitrogens is 1. The Morgan fingerprint density at radius 2 is 2.00 bits per heavy atom. The molecule has 6 nitrogen and oxygen atoms in total. The van der Waals surface area contributed by atoms with Crippen molar-refractivity contribution in [1.82, 2.24) is 15.4 Å². The number of aromatic amines is 1. The number of carbonyl (C=O) groups is 1. The zero-order valence-corrected chi connectivity index (χ0v) is 18.3. The summed E-state index contributed by atoms with van der Waals surface area (Å²) < 4.78 is 5.88. The zero-order valence-electron chi connectivity index (χ0n) is 18.3. The van der Waals surface area contributed by atoms with Crippen molar-refractivity contribution in [2.45, 2.75) is 27.7 Å². The first-order valence-corrected chi connectivity index (χ1v) is 10.2. The third-order valence-electron chi connectivity index (χ3n) is 4.83. The molecule has 3 aromatic rings. The Kier molecular flexibility index (Phi) is 7.38. The van der Waals surface area contributed by atoms with Gasteiger partial charge in [0.05, 0.1) is 0 Å². The largest absolute Gasteiger partial charge is 0.483 e. The fraction of sp³-hybridized carbons (Fsp3) is 0.240. The average molecular weight is 417 g/mol. The van der Waals surface area contributed by atoms with Crippen LogP contribution in [-0.4, -0.2) is 28.7 Å². The molecule has 3 rings (SSSR count). The number of rotatable bonds is 8. The van der Waals surface area contributed by atoms with Crippen molar-refractivity contribution in [2.24, 2.45) is 11.0 Å². The van der Waals surface area contributed by atoms with E-state index >= 15 is 0 Å². The number of carbonyl (C=O) groups excluding carboxylic acids is 1. The quantitative estimate of drug-likeness (QED) is 0.408. The number of nitrogens with zero attached hydrogens (tertiary/aromatic N) is 2. The molecule has 1 amide bonds. The highest BCUT2D eigenvalue weighted by molar-refractivity contribution is 5.79. The summed E-state index contributed by atoms with van der Waals surface area (Å²) in [4.78, 5) is 19.4. The number of aryl methyl sites for hydroxylation is 3. The lowest BCUT2D eigenvalue weighted by molar-refractivity contribution is -0.123. The molecule has 0 aliphatic heterocycles. The minimum Gasteiger partial charge on any atom is -0.483 e. The van der Waals surface area contributed by atoms with Crippen LogP contribution in [0.1, 0.15) is 29.3 Å². The van der Waals surface area contributed by atoms with Crippen LogP contribution in [0.4, 0.5) is 0 Å². The van der Waals surface area contributed by atoms with Gasteiger partial charge in [-0.25, -0.2) is 5.43 Å². The highest BCUT2D eigenvalue weighted by Crippen LogP contribution is 2.34. The van der Waals surface area contributed by atoms with Crippen LogP contribution in [0.2, 0.25) is 0 Å². The number of allylic oxidation sites excluding steroid dienone is 1. The number of pyridine rings is 1. The van der Waals surface area contributed by atoms with Crippen LogP contribution >= 0.6 is 0 Å². The summed E-state index contributed by atoms with van der Waals surface area (Å²) in [6, 6.07) is 9.96. The van der Waals surface area contributed by atoms with E-state index in [1.54, 1.807) is 18.6 Å². The van der Waals surface area contributed by atoms with Gasteiger partial charge in [-0.1, -0.05) is 25.1 Å². The van der Waals surface area contributed by atoms with E-state index in [-0.39, 0.29) is 18.4 Å². The molecule has 1 aromatic carbocycles. The Bertz CT molecular complexity index is 1080. The molecular formula is C25H28N4O2. The van der Waals surface area contributed by atoms with E-state index in [9.17, 15) is 4.79 Å². The SMILES string of the molecule is Cc1cc(C)c(OCC(=O)N/N=C/C(C)/C=C\c2cc[nH]c2C)c(-c2ccncc2)c1. The molecule has 1 unspecified atom stereocenters. The molecular weight excluding hydrogens is 388 g/mol. The lowest BCUT2D eigenvalue weighted by atomic mass is 10.00. The number of hydrogen-bond donors (Lipinski definition) is 2. The van der Waals surface area contributed by atoms with Gasteiger partial charge in [0.2, 0.25) is 0 Å². The summed E-state index contributed by atoms with van der Waals surface area (Å²) >= 11 is 0. The lowest BCUT2D eigenvalue weighted by Gasteiger charge is -2.15. The zero-order chi connectivity index (χ0) is 22.2. The minimum atomic E-state index is -0.311. The number of hydrogen-bond acceptors (Lipinski definition) is 4. The van der Waals surface area contributed by atoms with Gasteiger partial charge in [-0.2, -0.15) is 5.10 Å². The van der Waals surface area contributed by atoms with Crippen LogP contribution in [0.15, 0.2) is 60.1 Å². The summed E-state index contributed by atoms with van der Waals surface area (Å²) in [6.45, 7) is 7.92. The third-order valence-corrected chi connectivity index (χ3v) is 4.83. The van der Waals surface area contributed by atoms with E-state index < -0.39 is 0 Å². The van der Waals surface area contributed by atoms with Gasteiger partial charge in [-0.3, -0.25) is 9.78 Å². The Morgan fingerprint density at radius 3 is 2.71 bits per heavy atom. The van der Waals surface area contributed by atoms with E-state index in [4.69, 9.17) is 4.74 Å². The predicted molar refractivity (Wildman–Crippen MR) is 125 cm³/mol. The fourth-order valence-electron chi connectivity index (χ4n) is 3.24. The van der Waals surface area contributed by atoms with Gasteiger partial charge >= 0.3 is 0 Å². The highest BCUT2D eigenvalue weighted by Gasteiger charge is 2.12. The monoisotopic (exact) mass is 416 g/mol. The summed E-state index contributed by atoms with van der Waals surface area (Å²) in [7, 11) is 0. The standard InChI is InChI=1S/C25H28N4O2/c1-17(5-6-21-9-12-27-20(21)4)15-28-29-24(30)16-31-25-19(3)13-18(2)14-23(25)22-7-10-26-11-8-22/h5-15,17,27H,16H2,1-4H3,(H,29,30)/b6-5-,28-15+. The van der Waals surface area contributed by atoms with Gasteiger partial charge in [0.25, 0.3) is 5.91 Å². The molecule has 0 aliphatic carbocycles. The van der Waals surface area contributed by atoms with E-state index in [2.05, 4.69) is 20.5 Å². The maximum absolute atomic E-state index is 12.2. The minimum absolute atomic E-state index is 0.0770. The van der Waals surface area contributed by atoms with Gasteiger partial charge in [0.1, 0.15) is 5.75 Å². The van der Waals surface area contributed by atoms with Crippen LogP contribution < -0.4 is 10.2 Å². The lowest BCUT2D eigenvalue weighted by Crippen LogP contribution is -2.25. The van der Waals surface area contributed by atoms with Crippen molar-refractivity contribution in [3.63, 3.8) is 0 Å². The molecule has 6 heteroatoms. The van der Waals surface area contributed by atoms with E-state index in [1.807, 2.05) is 76.4 Å². The molecule has 0 radical (unpaired) electrons. The third kappa shape index (κ3) is 6.15. The summed E-state index contributed by atoms with van der Waals surface area (Å²) in [5, 5.41) is 4.05. The Morgan fingerprint density at radius 1 is 1.23 bits per heavy atom. The van der Waals surface area contributed by atoms with Crippen LogP contribution in [0.25, 0.3) is 17.2 Å². The van der Waals surface area contributed by atoms with Crippen LogP contribution in [0.5, 0.6) is 5.75 Å². The first kappa shape index (κ1) is 22.0. The van der Waals surface area contributed by atoms with E-state index in [0.717, 1.165) is 33.5 Å². The van der Waals surface area contributed by atoms with Crippen molar-refractivity contribution in [2.75, 3.05) is 6.61 Å². The Labute approximate surface area is 183 Å². The Balaban J connectivity index is 1.58. The van der Waals surface area contributed by atoms with Gasteiger partial charge in [0, 0.05) is 42.0 Å². The smallest absolute Gasteiger partial charge is 0.277 e. The molecule has 2 heterocycles.